The van der Waals surface area contributed by atoms with Crippen LogP contribution in [0.3, 0.4) is 0 Å². The molecule has 1 heterocycles. The summed E-state index contributed by atoms with van der Waals surface area (Å²) < 4.78 is 0. The zero-order valence-electron chi connectivity index (χ0n) is 8.39. The molecular formula is C9H19N3. The van der Waals surface area contributed by atoms with Gasteiger partial charge in [-0.2, -0.15) is 5.10 Å². The summed E-state index contributed by atoms with van der Waals surface area (Å²) in [5.41, 5.74) is 1.13. The van der Waals surface area contributed by atoms with E-state index in [-0.39, 0.29) is 0 Å². The Labute approximate surface area is 74.6 Å². The van der Waals surface area contributed by atoms with Gasteiger partial charge in [0.15, 0.2) is 0 Å². The number of nitrogens with zero attached hydrogens (tertiary/aromatic N) is 1. The molecule has 12 heavy (non-hydrogen) atoms. The first-order chi connectivity index (χ1) is 5.79. The second kappa shape index (κ2) is 6.85. The predicted octanol–water partition coefficient (Wildman–Crippen LogP) is 1.93. The highest BCUT2D eigenvalue weighted by Gasteiger charge is 1.93. The van der Waals surface area contributed by atoms with Crippen molar-refractivity contribution in [1.82, 2.24) is 15.5 Å². The monoisotopic (exact) mass is 169 g/mol. The Morgan fingerprint density at radius 1 is 1.50 bits per heavy atom. The van der Waals surface area contributed by atoms with Crippen LogP contribution in [-0.2, 0) is 6.54 Å². The van der Waals surface area contributed by atoms with Crippen molar-refractivity contribution in [1.29, 1.82) is 0 Å². The van der Waals surface area contributed by atoms with E-state index in [4.69, 9.17) is 0 Å². The molecule has 0 unspecified atom stereocenters. The standard InChI is InChI=1S/C7H13N3.C2H6/c1-6(2)8-5-7-3-4-9-10-7;1-2/h3-4,6,8H,5H2,1-2H3,(H,9,10);1-2H3. The van der Waals surface area contributed by atoms with Crippen LogP contribution in [0.15, 0.2) is 12.3 Å². The minimum atomic E-state index is 0.531. The summed E-state index contributed by atoms with van der Waals surface area (Å²) in [5.74, 6) is 0. The van der Waals surface area contributed by atoms with Crippen LogP contribution in [0, 0.1) is 0 Å². The van der Waals surface area contributed by atoms with Gasteiger partial charge in [0.25, 0.3) is 0 Å². The molecule has 0 aromatic carbocycles. The molecule has 0 radical (unpaired) electrons. The Morgan fingerprint density at radius 3 is 2.58 bits per heavy atom. The van der Waals surface area contributed by atoms with Crippen LogP contribution in [-0.4, -0.2) is 16.2 Å². The van der Waals surface area contributed by atoms with Crippen molar-refractivity contribution in [3.05, 3.63) is 18.0 Å². The zero-order valence-corrected chi connectivity index (χ0v) is 8.39. The number of rotatable bonds is 3. The van der Waals surface area contributed by atoms with Crippen LogP contribution in [0.5, 0.6) is 0 Å². The van der Waals surface area contributed by atoms with Crippen LogP contribution in [0.2, 0.25) is 0 Å². The average molecular weight is 169 g/mol. The van der Waals surface area contributed by atoms with Crippen LogP contribution >= 0.6 is 0 Å². The Hall–Kier alpha value is -0.830. The molecule has 3 heteroatoms. The maximum absolute atomic E-state index is 3.84. The van der Waals surface area contributed by atoms with Crippen LogP contribution in [0.1, 0.15) is 33.4 Å². The smallest absolute Gasteiger partial charge is 0.0490 e. The van der Waals surface area contributed by atoms with E-state index in [1.165, 1.54) is 0 Å². The van der Waals surface area contributed by atoms with Crippen molar-refractivity contribution in [2.75, 3.05) is 0 Å². The third-order valence-electron chi connectivity index (χ3n) is 1.26. The minimum Gasteiger partial charge on any atom is -0.309 e. The van der Waals surface area contributed by atoms with E-state index in [9.17, 15) is 0 Å². The maximum Gasteiger partial charge on any atom is 0.0490 e. The molecule has 70 valence electrons. The lowest BCUT2D eigenvalue weighted by atomic mass is 10.3. The fourth-order valence-electron chi connectivity index (χ4n) is 0.697. The summed E-state index contributed by atoms with van der Waals surface area (Å²) in [6.07, 6.45) is 1.76. The van der Waals surface area contributed by atoms with Crippen LogP contribution < -0.4 is 5.32 Å². The van der Waals surface area contributed by atoms with Crippen molar-refractivity contribution in [3.63, 3.8) is 0 Å². The molecule has 1 rings (SSSR count). The summed E-state index contributed by atoms with van der Waals surface area (Å²) >= 11 is 0. The van der Waals surface area contributed by atoms with Crippen LogP contribution in [0.4, 0.5) is 0 Å². The summed E-state index contributed by atoms with van der Waals surface area (Å²) in [5, 5.41) is 9.99. The molecule has 0 aliphatic heterocycles. The first-order valence-electron chi connectivity index (χ1n) is 4.50. The third kappa shape index (κ3) is 4.91. The number of aromatic amines is 1. The normalized spacial score (nSPS) is 9.42. The lowest BCUT2D eigenvalue weighted by Crippen LogP contribution is -2.21. The first-order valence-corrected chi connectivity index (χ1v) is 4.50. The molecule has 0 saturated carbocycles. The van der Waals surface area contributed by atoms with Gasteiger partial charge in [-0.15, -0.1) is 0 Å². The molecule has 0 saturated heterocycles. The number of nitrogens with one attached hydrogen (secondary N) is 2. The second-order valence-electron chi connectivity index (χ2n) is 2.62. The van der Waals surface area contributed by atoms with Crippen molar-refractivity contribution in [2.24, 2.45) is 0 Å². The number of hydrogen-bond acceptors (Lipinski definition) is 2. The van der Waals surface area contributed by atoms with Crippen molar-refractivity contribution >= 4 is 0 Å². The highest BCUT2D eigenvalue weighted by atomic mass is 15.1. The van der Waals surface area contributed by atoms with Crippen molar-refractivity contribution in [2.45, 2.75) is 40.3 Å². The molecule has 0 amide bonds. The molecule has 1 aromatic heterocycles. The van der Waals surface area contributed by atoms with Gasteiger partial charge < -0.3 is 5.32 Å². The van der Waals surface area contributed by atoms with Crippen LogP contribution in [0.25, 0.3) is 0 Å². The molecular weight excluding hydrogens is 150 g/mol. The molecule has 0 aliphatic rings. The molecule has 1 aromatic rings. The van der Waals surface area contributed by atoms with E-state index in [1.807, 2.05) is 19.9 Å². The van der Waals surface area contributed by atoms with Gasteiger partial charge in [0, 0.05) is 24.5 Å². The van der Waals surface area contributed by atoms with Gasteiger partial charge in [0.2, 0.25) is 0 Å². The van der Waals surface area contributed by atoms with Gasteiger partial charge in [-0.3, -0.25) is 5.10 Å². The van der Waals surface area contributed by atoms with E-state index < -0.39 is 0 Å². The fraction of sp³-hybridized carbons (Fsp3) is 0.667. The van der Waals surface area contributed by atoms with Gasteiger partial charge in [-0.05, 0) is 6.07 Å². The predicted molar refractivity (Wildman–Crippen MR) is 51.9 cm³/mol. The fourth-order valence-corrected chi connectivity index (χ4v) is 0.697. The Kier molecular flexibility index (Phi) is 6.38. The quantitative estimate of drug-likeness (QED) is 0.726. The molecule has 3 nitrogen and oxygen atoms in total. The molecule has 0 fully saturated rings. The highest BCUT2D eigenvalue weighted by Crippen LogP contribution is 1.90. The second-order valence-corrected chi connectivity index (χ2v) is 2.62. The van der Waals surface area contributed by atoms with E-state index in [2.05, 4.69) is 29.4 Å². The van der Waals surface area contributed by atoms with E-state index in [1.54, 1.807) is 6.20 Å². The zero-order chi connectivity index (χ0) is 9.40. The SMILES string of the molecule is CC.CC(C)NCc1ccn[nH]1. The average Bonchev–Trinajstić information content (AvgIpc) is 2.56. The van der Waals surface area contributed by atoms with E-state index in [0.29, 0.717) is 6.04 Å². The Balaban J connectivity index is 0.000000561. The van der Waals surface area contributed by atoms with Crippen molar-refractivity contribution < 1.29 is 0 Å². The summed E-state index contributed by atoms with van der Waals surface area (Å²) in [6, 6.07) is 2.50. The van der Waals surface area contributed by atoms with Gasteiger partial charge in [0.05, 0.1) is 0 Å². The van der Waals surface area contributed by atoms with Gasteiger partial charge >= 0.3 is 0 Å². The largest absolute Gasteiger partial charge is 0.309 e. The summed E-state index contributed by atoms with van der Waals surface area (Å²) in [7, 11) is 0. The molecule has 0 spiro atoms. The van der Waals surface area contributed by atoms with E-state index in [0.717, 1.165) is 12.2 Å². The topological polar surface area (TPSA) is 40.7 Å². The lowest BCUT2D eigenvalue weighted by molar-refractivity contribution is 0.580. The Bertz CT molecular complexity index is 168. The summed E-state index contributed by atoms with van der Waals surface area (Å²) in [6.45, 7) is 9.12. The van der Waals surface area contributed by atoms with Gasteiger partial charge in [0.1, 0.15) is 0 Å². The first kappa shape index (κ1) is 11.2. The highest BCUT2D eigenvalue weighted by molar-refractivity contribution is 4.96. The van der Waals surface area contributed by atoms with Gasteiger partial charge in [-0.1, -0.05) is 27.7 Å². The van der Waals surface area contributed by atoms with E-state index >= 15 is 0 Å². The number of H-pyrrole nitrogens is 1. The lowest BCUT2D eigenvalue weighted by Gasteiger charge is -2.04. The van der Waals surface area contributed by atoms with Crippen molar-refractivity contribution in [3.8, 4) is 0 Å². The number of aromatic nitrogens is 2. The Morgan fingerprint density at radius 2 is 2.17 bits per heavy atom. The number of hydrogen-bond donors (Lipinski definition) is 2. The molecule has 0 aliphatic carbocycles. The maximum atomic E-state index is 3.84. The minimum absolute atomic E-state index is 0.531. The van der Waals surface area contributed by atoms with Gasteiger partial charge in [-0.25, -0.2) is 0 Å². The third-order valence-corrected chi connectivity index (χ3v) is 1.26. The summed E-state index contributed by atoms with van der Waals surface area (Å²) in [4.78, 5) is 0. The molecule has 0 atom stereocenters. The molecule has 2 N–H and O–H groups in total. The molecule has 0 bridgehead atoms.